The standard InChI is InChI=1S/C46H32N4OS/c1-3-15-35(16-4-1)52(36-17-5-2-6-18-36)45-24-12-11-23-43(45)51-44-28-26-33(32-46(44)52)49-39-20-8-7-19-37(39)38-31-34(25-27-40(38)49)50-42-22-10-9-21-41(42)47-29-13-14-30-48(47)50/h1-32H. The van der Waals surface area contributed by atoms with Crippen molar-refractivity contribution in [1.29, 1.82) is 0 Å². The minimum atomic E-state index is -1.92. The summed E-state index contributed by atoms with van der Waals surface area (Å²) in [5.41, 5.74) is 6.80. The highest BCUT2D eigenvalue weighted by Crippen LogP contribution is 2.79. The third-order valence-corrected chi connectivity index (χ3v) is 14.3. The number of hydrazine groups is 2. The van der Waals surface area contributed by atoms with E-state index in [-0.39, 0.29) is 0 Å². The molecule has 0 atom stereocenters. The zero-order valence-electron chi connectivity index (χ0n) is 28.1. The molecule has 0 unspecified atom stereocenters. The Bertz CT molecular complexity index is 2710. The summed E-state index contributed by atoms with van der Waals surface area (Å²) in [5.74, 6) is 1.81. The van der Waals surface area contributed by atoms with Gasteiger partial charge in [0.25, 0.3) is 0 Å². The average Bonchev–Trinajstić information content (AvgIpc) is 3.73. The normalized spacial score (nSPS) is 15.6. The van der Waals surface area contributed by atoms with Crippen LogP contribution < -0.4 is 14.8 Å². The maximum absolute atomic E-state index is 6.75. The molecule has 6 heteroatoms. The van der Waals surface area contributed by atoms with Gasteiger partial charge in [0.1, 0.15) is 11.5 Å². The van der Waals surface area contributed by atoms with Gasteiger partial charge in [0.15, 0.2) is 0 Å². The summed E-state index contributed by atoms with van der Waals surface area (Å²) >= 11 is 0. The smallest absolute Gasteiger partial charge is 0.140 e. The zero-order chi connectivity index (χ0) is 34.2. The SMILES string of the molecule is C1=CN2c3ccccc3N(c3ccc4c(c3)c3ccccc3n4-c3ccc4c(c3)S(c3ccccc3)(c3ccccc3)c3ccccc3O4)N2C=C1. The molecular formula is C46H32N4OS. The molecule has 0 fully saturated rings. The minimum Gasteiger partial charge on any atom is -0.455 e. The number of rotatable bonds is 4. The van der Waals surface area contributed by atoms with Crippen molar-refractivity contribution in [3.63, 3.8) is 0 Å². The molecule has 3 aliphatic heterocycles. The lowest BCUT2D eigenvalue weighted by Gasteiger charge is -2.46. The van der Waals surface area contributed by atoms with Crippen LogP contribution >= 0.6 is 10.0 Å². The second kappa shape index (κ2) is 11.2. The van der Waals surface area contributed by atoms with Crippen molar-refractivity contribution in [2.24, 2.45) is 0 Å². The number of nitrogens with zero attached hydrogens (tertiary/aromatic N) is 4. The number of hydrogen-bond donors (Lipinski definition) is 0. The van der Waals surface area contributed by atoms with Gasteiger partial charge in [-0.25, -0.2) is 10.0 Å². The Morgan fingerprint density at radius 2 is 1.08 bits per heavy atom. The molecule has 8 aromatic rings. The topological polar surface area (TPSA) is 23.9 Å². The average molecular weight is 689 g/mol. The van der Waals surface area contributed by atoms with E-state index < -0.39 is 10.0 Å². The number of allylic oxidation sites excluding steroid dienone is 2. The molecule has 1 aromatic heterocycles. The summed E-state index contributed by atoms with van der Waals surface area (Å²) in [6, 6.07) is 61.5. The highest BCUT2D eigenvalue weighted by atomic mass is 32.3. The lowest BCUT2D eigenvalue weighted by molar-refractivity contribution is 0.408. The van der Waals surface area contributed by atoms with Gasteiger partial charge in [0.05, 0.1) is 28.1 Å². The summed E-state index contributed by atoms with van der Waals surface area (Å²) in [6.07, 6.45) is 8.36. The van der Waals surface area contributed by atoms with Crippen molar-refractivity contribution in [3.05, 3.63) is 194 Å². The van der Waals surface area contributed by atoms with E-state index in [1.54, 1.807) is 0 Å². The van der Waals surface area contributed by atoms with E-state index in [0.717, 1.165) is 45.3 Å². The zero-order valence-corrected chi connectivity index (χ0v) is 28.9. The summed E-state index contributed by atoms with van der Waals surface area (Å²) in [7, 11) is -1.92. The summed E-state index contributed by atoms with van der Waals surface area (Å²) in [5, 5.41) is 9.05. The molecule has 0 amide bonds. The van der Waals surface area contributed by atoms with Crippen LogP contribution in [0.25, 0.3) is 27.5 Å². The molecule has 7 aromatic carbocycles. The van der Waals surface area contributed by atoms with E-state index in [1.807, 2.05) is 0 Å². The van der Waals surface area contributed by atoms with Crippen LogP contribution in [-0.4, -0.2) is 9.69 Å². The van der Waals surface area contributed by atoms with Crippen LogP contribution in [0.15, 0.2) is 214 Å². The van der Waals surface area contributed by atoms with Crippen LogP contribution in [0.5, 0.6) is 11.5 Å². The molecule has 0 radical (unpaired) electrons. The summed E-state index contributed by atoms with van der Waals surface area (Å²) in [6.45, 7) is 0. The van der Waals surface area contributed by atoms with E-state index >= 15 is 0 Å². The van der Waals surface area contributed by atoms with Crippen molar-refractivity contribution in [1.82, 2.24) is 9.69 Å². The second-order valence-corrected chi connectivity index (χ2v) is 16.2. The molecule has 52 heavy (non-hydrogen) atoms. The van der Waals surface area contributed by atoms with E-state index in [1.165, 1.54) is 30.4 Å². The number of ether oxygens (including phenoxy) is 1. The third-order valence-electron chi connectivity index (χ3n) is 10.3. The van der Waals surface area contributed by atoms with Gasteiger partial charge >= 0.3 is 0 Å². The molecule has 248 valence electrons. The van der Waals surface area contributed by atoms with Crippen LogP contribution in [0, 0.1) is 0 Å². The van der Waals surface area contributed by atoms with Crippen LogP contribution in [-0.2, 0) is 0 Å². The fourth-order valence-electron chi connectivity index (χ4n) is 8.20. The highest BCUT2D eigenvalue weighted by molar-refractivity contribution is 8.34. The van der Waals surface area contributed by atoms with Gasteiger partial charge in [-0.15, -0.1) is 10.0 Å². The molecule has 0 spiro atoms. The maximum Gasteiger partial charge on any atom is 0.140 e. The molecule has 5 nitrogen and oxygen atoms in total. The Labute approximate surface area is 303 Å². The van der Waals surface area contributed by atoms with Gasteiger partial charge in [-0.2, -0.15) is 5.12 Å². The first-order chi connectivity index (χ1) is 25.8. The fourth-order valence-corrected chi connectivity index (χ4v) is 12.3. The number of para-hydroxylation sites is 4. The number of hydrogen-bond acceptors (Lipinski definition) is 4. The van der Waals surface area contributed by atoms with Crippen LogP contribution in [0.4, 0.5) is 17.1 Å². The van der Waals surface area contributed by atoms with E-state index in [9.17, 15) is 0 Å². The van der Waals surface area contributed by atoms with Gasteiger partial charge in [0.2, 0.25) is 0 Å². The van der Waals surface area contributed by atoms with Crippen LogP contribution in [0.2, 0.25) is 0 Å². The number of fused-ring (bicyclic) bond motifs is 8. The van der Waals surface area contributed by atoms with Crippen molar-refractivity contribution in [2.45, 2.75) is 19.6 Å². The Morgan fingerprint density at radius 3 is 1.90 bits per heavy atom. The molecule has 0 bridgehead atoms. The van der Waals surface area contributed by atoms with Gasteiger partial charge < -0.3 is 9.30 Å². The molecular weight excluding hydrogens is 657 g/mol. The summed E-state index contributed by atoms with van der Waals surface area (Å²) < 4.78 is 9.17. The Morgan fingerprint density at radius 1 is 0.442 bits per heavy atom. The Balaban J connectivity index is 1.15. The maximum atomic E-state index is 6.75. The van der Waals surface area contributed by atoms with Crippen LogP contribution in [0.1, 0.15) is 0 Å². The van der Waals surface area contributed by atoms with Crippen LogP contribution in [0.3, 0.4) is 0 Å². The summed E-state index contributed by atoms with van der Waals surface area (Å²) in [4.78, 5) is 4.97. The Hall–Kier alpha value is -6.63. The minimum absolute atomic E-state index is 0.897. The first-order valence-corrected chi connectivity index (χ1v) is 19.1. The molecule has 11 rings (SSSR count). The van der Waals surface area contributed by atoms with Gasteiger partial charge in [-0.1, -0.05) is 78.9 Å². The lowest BCUT2D eigenvalue weighted by Crippen LogP contribution is -2.40. The quantitative estimate of drug-likeness (QED) is 0.184. The monoisotopic (exact) mass is 688 g/mol. The first-order valence-electron chi connectivity index (χ1n) is 17.5. The van der Waals surface area contributed by atoms with E-state index in [0.29, 0.717) is 0 Å². The lowest BCUT2D eigenvalue weighted by atomic mass is 10.1. The van der Waals surface area contributed by atoms with Gasteiger partial charge in [0, 0.05) is 48.4 Å². The molecule has 0 saturated carbocycles. The molecule has 0 aliphatic carbocycles. The number of benzene rings is 7. The van der Waals surface area contributed by atoms with Crippen molar-refractivity contribution >= 4 is 48.9 Å². The van der Waals surface area contributed by atoms with E-state index in [2.05, 4.69) is 214 Å². The predicted octanol–water partition coefficient (Wildman–Crippen LogP) is 12.4. The number of aromatic nitrogens is 1. The fraction of sp³-hybridized carbons (Fsp3) is 0. The van der Waals surface area contributed by atoms with Gasteiger partial charge in [-0.05, 0) is 103 Å². The largest absolute Gasteiger partial charge is 0.455 e. The molecule has 0 saturated heterocycles. The predicted molar refractivity (Wildman–Crippen MR) is 212 cm³/mol. The molecule has 3 aliphatic rings. The Kier molecular flexibility index (Phi) is 6.27. The third kappa shape index (κ3) is 4.01. The second-order valence-electron chi connectivity index (χ2n) is 13.1. The van der Waals surface area contributed by atoms with Gasteiger partial charge in [-0.3, -0.25) is 0 Å². The van der Waals surface area contributed by atoms with E-state index in [4.69, 9.17) is 4.74 Å². The van der Waals surface area contributed by atoms with Crippen molar-refractivity contribution in [2.75, 3.05) is 10.0 Å². The molecule has 0 N–H and O–H groups in total. The number of anilines is 3. The van der Waals surface area contributed by atoms with Crippen molar-refractivity contribution in [3.8, 4) is 17.2 Å². The molecule has 4 heterocycles. The highest BCUT2D eigenvalue weighted by Gasteiger charge is 2.41. The van der Waals surface area contributed by atoms with Crippen molar-refractivity contribution < 1.29 is 4.74 Å². The first kappa shape index (κ1) is 29.1.